The molecule has 1 aromatic rings. The highest BCUT2D eigenvalue weighted by molar-refractivity contribution is 7.12. The molecule has 0 bridgehead atoms. The minimum atomic E-state index is -0.527. The highest BCUT2D eigenvalue weighted by Crippen LogP contribution is 2.27. The van der Waals surface area contributed by atoms with Gasteiger partial charge in [0.2, 0.25) is 11.8 Å². The highest BCUT2D eigenvalue weighted by atomic mass is 32.1. The summed E-state index contributed by atoms with van der Waals surface area (Å²) >= 11 is 1.74. The quantitative estimate of drug-likeness (QED) is 0.922. The van der Waals surface area contributed by atoms with Crippen LogP contribution >= 0.6 is 11.3 Å². The van der Waals surface area contributed by atoms with Gasteiger partial charge in [-0.25, -0.2) is 0 Å². The predicted octanol–water partition coefficient (Wildman–Crippen LogP) is 2.04. The summed E-state index contributed by atoms with van der Waals surface area (Å²) in [6.07, 6.45) is 1.01. The van der Waals surface area contributed by atoms with Crippen LogP contribution in [0.2, 0.25) is 0 Å². The average molecular weight is 324 g/mol. The predicted molar refractivity (Wildman–Crippen MR) is 87.0 cm³/mol. The molecule has 1 N–H and O–H groups in total. The van der Waals surface area contributed by atoms with Crippen LogP contribution < -0.4 is 5.32 Å². The van der Waals surface area contributed by atoms with Gasteiger partial charge in [-0.15, -0.1) is 11.3 Å². The summed E-state index contributed by atoms with van der Waals surface area (Å²) in [5.74, 6) is -0.233. The summed E-state index contributed by atoms with van der Waals surface area (Å²) < 4.78 is 5.36. The van der Waals surface area contributed by atoms with E-state index in [4.69, 9.17) is 4.74 Å². The fraction of sp³-hybridized carbons (Fsp3) is 0.625. The number of carbonyl (C=O) groups is 2. The molecule has 0 saturated carbocycles. The number of hydrogen-bond acceptors (Lipinski definition) is 4. The lowest BCUT2D eigenvalue weighted by Crippen LogP contribution is -2.55. The Labute approximate surface area is 135 Å². The smallest absolute Gasteiger partial charge is 0.245 e. The Morgan fingerprint density at radius 2 is 2.27 bits per heavy atom. The minimum absolute atomic E-state index is 0.0627. The van der Waals surface area contributed by atoms with Crippen LogP contribution in [0, 0.1) is 6.92 Å². The van der Waals surface area contributed by atoms with Crippen LogP contribution in [-0.2, 0) is 20.7 Å². The topological polar surface area (TPSA) is 58.6 Å². The first kappa shape index (κ1) is 17.0. The maximum Gasteiger partial charge on any atom is 0.245 e. The van der Waals surface area contributed by atoms with Crippen molar-refractivity contribution in [2.45, 2.75) is 46.2 Å². The van der Waals surface area contributed by atoms with Crippen LogP contribution in [0.15, 0.2) is 6.07 Å². The third-order valence-electron chi connectivity index (χ3n) is 3.98. The summed E-state index contributed by atoms with van der Waals surface area (Å²) in [6, 6.07) is 1.54. The van der Waals surface area contributed by atoms with Gasteiger partial charge >= 0.3 is 0 Å². The van der Waals surface area contributed by atoms with Crippen LogP contribution in [0.5, 0.6) is 0 Å². The molecular weight excluding hydrogens is 300 g/mol. The lowest BCUT2D eigenvalue weighted by atomic mass is 10.1. The van der Waals surface area contributed by atoms with E-state index in [0.717, 1.165) is 11.3 Å². The second-order valence-corrected chi connectivity index (χ2v) is 6.81. The van der Waals surface area contributed by atoms with Gasteiger partial charge in [0.15, 0.2) is 0 Å². The zero-order chi connectivity index (χ0) is 16.3. The van der Waals surface area contributed by atoms with Crippen molar-refractivity contribution in [3.63, 3.8) is 0 Å². The Kier molecular flexibility index (Phi) is 5.58. The molecule has 1 aliphatic rings. The number of hydrogen-bond donors (Lipinski definition) is 1. The number of morpholine rings is 1. The van der Waals surface area contributed by atoms with Crippen LogP contribution in [0.4, 0.5) is 0 Å². The van der Waals surface area contributed by atoms with Crippen LogP contribution in [0.3, 0.4) is 0 Å². The van der Waals surface area contributed by atoms with Crippen LogP contribution in [0.25, 0.3) is 0 Å². The van der Waals surface area contributed by atoms with Crippen molar-refractivity contribution >= 4 is 23.2 Å². The molecule has 0 aromatic carbocycles. The molecule has 0 spiro atoms. The first-order valence-corrected chi connectivity index (χ1v) is 8.50. The molecule has 6 heteroatoms. The van der Waals surface area contributed by atoms with E-state index in [1.165, 1.54) is 17.4 Å². The van der Waals surface area contributed by atoms with Gasteiger partial charge in [0, 0.05) is 23.2 Å². The molecule has 0 radical (unpaired) electrons. The number of ether oxygens (including phenoxy) is 1. The molecule has 1 fully saturated rings. The summed E-state index contributed by atoms with van der Waals surface area (Å²) in [4.78, 5) is 28.2. The summed E-state index contributed by atoms with van der Waals surface area (Å²) in [5.41, 5.74) is 1.27. The van der Waals surface area contributed by atoms with Gasteiger partial charge in [-0.05, 0) is 31.9 Å². The molecule has 2 amide bonds. The van der Waals surface area contributed by atoms with Gasteiger partial charge in [-0.1, -0.05) is 6.92 Å². The number of rotatable bonds is 4. The normalized spacial score (nSPS) is 19.8. The van der Waals surface area contributed by atoms with Crippen molar-refractivity contribution in [3.05, 3.63) is 21.4 Å². The number of aryl methyl sites for hydroxylation is 2. The Bertz CT molecular complexity index is 556. The zero-order valence-corrected chi connectivity index (χ0v) is 14.5. The Hall–Kier alpha value is -1.40. The lowest BCUT2D eigenvalue weighted by molar-refractivity contribution is -0.147. The Morgan fingerprint density at radius 1 is 1.55 bits per heavy atom. The number of thiophene rings is 1. The average Bonchev–Trinajstić information content (AvgIpc) is 2.88. The maximum absolute atomic E-state index is 12.5. The Morgan fingerprint density at radius 3 is 2.86 bits per heavy atom. The molecule has 2 heterocycles. The van der Waals surface area contributed by atoms with Crippen molar-refractivity contribution in [1.82, 2.24) is 10.2 Å². The Balaban J connectivity index is 2.04. The third-order valence-corrected chi connectivity index (χ3v) is 5.55. The van der Waals surface area contributed by atoms with E-state index in [2.05, 4.69) is 25.2 Å². The van der Waals surface area contributed by atoms with E-state index in [1.54, 1.807) is 16.2 Å². The maximum atomic E-state index is 12.5. The molecule has 0 aliphatic carbocycles. The molecule has 1 aromatic heterocycles. The third kappa shape index (κ3) is 3.67. The van der Waals surface area contributed by atoms with Gasteiger partial charge in [0.25, 0.3) is 0 Å². The van der Waals surface area contributed by atoms with Crippen LogP contribution in [0.1, 0.15) is 42.1 Å². The van der Waals surface area contributed by atoms with Gasteiger partial charge in [0.1, 0.15) is 6.04 Å². The number of carbonyl (C=O) groups excluding carboxylic acids is 2. The lowest BCUT2D eigenvalue weighted by Gasteiger charge is -2.34. The number of amides is 2. The van der Waals surface area contributed by atoms with Gasteiger partial charge in [0.05, 0.1) is 19.3 Å². The van der Waals surface area contributed by atoms with Crippen molar-refractivity contribution < 1.29 is 14.3 Å². The zero-order valence-electron chi connectivity index (χ0n) is 13.6. The van der Waals surface area contributed by atoms with Gasteiger partial charge in [-0.3, -0.25) is 9.59 Å². The summed E-state index contributed by atoms with van der Waals surface area (Å²) in [5, 5.41) is 3.01. The minimum Gasteiger partial charge on any atom is -0.377 e. The van der Waals surface area contributed by atoms with Crippen molar-refractivity contribution in [3.8, 4) is 0 Å². The van der Waals surface area contributed by atoms with E-state index >= 15 is 0 Å². The standard InChI is InChI=1S/C16H24N2O3S/c1-5-14-10(2)8-15(22-14)11(3)17-16(20)13-9-21-7-6-18(13)12(4)19/h8,11,13H,5-7,9H2,1-4H3,(H,17,20)/t11-,13-/m1/s1. The van der Waals surface area contributed by atoms with Crippen LogP contribution in [-0.4, -0.2) is 42.5 Å². The molecule has 22 heavy (non-hydrogen) atoms. The SMILES string of the molecule is CCc1sc([C@@H](C)NC(=O)[C@H]2COCCN2C(C)=O)cc1C. The molecule has 2 rings (SSSR count). The number of nitrogens with one attached hydrogen (secondary N) is 1. The summed E-state index contributed by atoms with van der Waals surface area (Å²) in [6.45, 7) is 8.93. The highest BCUT2D eigenvalue weighted by Gasteiger charge is 2.32. The first-order valence-electron chi connectivity index (χ1n) is 7.68. The monoisotopic (exact) mass is 324 g/mol. The number of nitrogens with zero attached hydrogens (tertiary/aromatic N) is 1. The van der Waals surface area contributed by atoms with Crippen molar-refractivity contribution in [2.75, 3.05) is 19.8 Å². The van der Waals surface area contributed by atoms with Crippen molar-refractivity contribution in [2.24, 2.45) is 0 Å². The molecular formula is C16H24N2O3S. The van der Waals surface area contributed by atoms with Crippen molar-refractivity contribution in [1.29, 1.82) is 0 Å². The van der Waals surface area contributed by atoms with E-state index < -0.39 is 6.04 Å². The molecule has 2 atom stereocenters. The molecule has 1 saturated heterocycles. The second kappa shape index (κ2) is 7.24. The van der Waals surface area contributed by atoms with E-state index in [0.29, 0.717) is 13.2 Å². The molecule has 0 unspecified atom stereocenters. The summed E-state index contributed by atoms with van der Waals surface area (Å²) in [7, 11) is 0. The fourth-order valence-corrected chi connectivity index (χ4v) is 3.81. The largest absolute Gasteiger partial charge is 0.377 e. The van der Waals surface area contributed by atoms with Gasteiger partial charge in [-0.2, -0.15) is 0 Å². The first-order chi connectivity index (χ1) is 10.4. The van der Waals surface area contributed by atoms with E-state index in [1.807, 2.05) is 6.92 Å². The van der Waals surface area contributed by atoms with E-state index in [9.17, 15) is 9.59 Å². The fourth-order valence-electron chi connectivity index (χ4n) is 2.69. The van der Waals surface area contributed by atoms with Gasteiger partial charge < -0.3 is 15.0 Å². The molecule has 122 valence electrons. The van der Waals surface area contributed by atoms with E-state index in [-0.39, 0.29) is 24.5 Å². The molecule has 5 nitrogen and oxygen atoms in total. The second-order valence-electron chi connectivity index (χ2n) is 5.64. The molecule has 1 aliphatic heterocycles.